The van der Waals surface area contributed by atoms with Crippen molar-refractivity contribution in [3.63, 3.8) is 0 Å². The molecule has 3 aromatic rings. The van der Waals surface area contributed by atoms with Gasteiger partial charge in [-0.25, -0.2) is 13.1 Å². The van der Waals surface area contributed by atoms with E-state index < -0.39 is 10.0 Å². The average Bonchev–Trinajstić information content (AvgIpc) is 3.17. The highest BCUT2D eigenvalue weighted by molar-refractivity contribution is 7.91. The first-order chi connectivity index (χ1) is 10.6. The number of hydrogen-bond acceptors (Lipinski definition) is 5. The van der Waals surface area contributed by atoms with Crippen LogP contribution in [0.2, 0.25) is 4.34 Å². The molecule has 0 spiro atoms. The summed E-state index contributed by atoms with van der Waals surface area (Å²) in [5, 5.41) is 0. The molecule has 0 fully saturated rings. The summed E-state index contributed by atoms with van der Waals surface area (Å²) in [4.78, 5) is 4.25. The molecular weight excluding hydrogens is 344 g/mol. The lowest BCUT2D eigenvalue weighted by atomic mass is 10.1. The number of rotatable bonds is 5. The molecule has 3 rings (SSSR count). The summed E-state index contributed by atoms with van der Waals surface area (Å²) in [6.07, 6.45) is 3.18. The van der Waals surface area contributed by atoms with Gasteiger partial charge in [-0.15, -0.1) is 11.3 Å². The van der Waals surface area contributed by atoms with Crippen LogP contribution in [0.25, 0.3) is 11.5 Å². The zero-order valence-corrected chi connectivity index (χ0v) is 13.6. The number of nitrogens with one attached hydrogen (secondary N) is 1. The van der Waals surface area contributed by atoms with Crippen molar-refractivity contribution < 1.29 is 12.8 Å². The van der Waals surface area contributed by atoms with Crippen molar-refractivity contribution >= 4 is 33.0 Å². The van der Waals surface area contributed by atoms with Crippen molar-refractivity contribution in [2.24, 2.45) is 0 Å². The molecule has 0 aliphatic rings. The Hall–Kier alpha value is -1.67. The molecule has 0 aliphatic carbocycles. The number of nitrogens with zero attached hydrogens (tertiary/aromatic N) is 1. The second-order valence-electron chi connectivity index (χ2n) is 4.37. The lowest BCUT2D eigenvalue weighted by molar-refractivity contribution is 0.576. The number of thiophene rings is 1. The molecule has 5 nitrogen and oxygen atoms in total. The van der Waals surface area contributed by atoms with E-state index in [1.165, 1.54) is 6.07 Å². The standard InChI is InChI=1S/C14H11ClN2O3S2/c15-12-5-6-13(21-12)22(18,19)17-9-10-3-1-7-16-14(10)11-4-2-8-20-11/h1-8,17H,9H2. The van der Waals surface area contributed by atoms with E-state index in [4.69, 9.17) is 16.0 Å². The third kappa shape index (κ3) is 3.22. The van der Waals surface area contributed by atoms with Gasteiger partial charge in [0, 0.05) is 12.7 Å². The molecule has 22 heavy (non-hydrogen) atoms. The van der Waals surface area contributed by atoms with Crippen LogP contribution in [0.15, 0.2) is 57.5 Å². The van der Waals surface area contributed by atoms with Crippen LogP contribution in [0.1, 0.15) is 5.56 Å². The van der Waals surface area contributed by atoms with Crippen molar-refractivity contribution in [3.8, 4) is 11.5 Å². The predicted octanol–water partition coefficient (Wildman–Crippen LogP) is 3.54. The minimum absolute atomic E-state index is 0.113. The van der Waals surface area contributed by atoms with Gasteiger partial charge in [-0.2, -0.15) is 0 Å². The smallest absolute Gasteiger partial charge is 0.250 e. The fraction of sp³-hybridized carbons (Fsp3) is 0.0714. The van der Waals surface area contributed by atoms with E-state index in [2.05, 4.69) is 9.71 Å². The minimum Gasteiger partial charge on any atom is -0.463 e. The summed E-state index contributed by atoms with van der Waals surface area (Å²) in [6, 6.07) is 10.1. The second-order valence-corrected chi connectivity index (χ2v) is 8.08. The summed E-state index contributed by atoms with van der Waals surface area (Å²) in [5.41, 5.74) is 1.34. The molecule has 0 aromatic carbocycles. The van der Waals surface area contributed by atoms with Crippen LogP contribution in [0.5, 0.6) is 0 Å². The molecule has 3 heterocycles. The van der Waals surface area contributed by atoms with E-state index in [0.29, 0.717) is 15.8 Å². The lowest BCUT2D eigenvalue weighted by Crippen LogP contribution is -2.22. The summed E-state index contributed by atoms with van der Waals surface area (Å²) in [5.74, 6) is 0.592. The molecule has 0 unspecified atom stereocenters. The molecule has 0 saturated carbocycles. The molecule has 3 aromatic heterocycles. The Morgan fingerprint density at radius 3 is 2.77 bits per heavy atom. The topological polar surface area (TPSA) is 72.2 Å². The van der Waals surface area contributed by atoms with Crippen LogP contribution in [-0.2, 0) is 16.6 Å². The van der Waals surface area contributed by atoms with Crippen LogP contribution in [0, 0.1) is 0 Å². The van der Waals surface area contributed by atoms with Crippen molar-refractivity contribution in [1.82, 2.24) is 9.71 Å². The fourth-order valence-corrected chi connectivity index (χ4v) is 4.44. The first kappa shape index (κ1) is 15.2. The SMILES string of the molecule is O=S(=O)(NCc1cccnc1-c1ccco1)c1ccc(Cl)s1. The molecule has 1 N–H and O–H groups in total. The van der Waals surface area contributed by atoms with Gasteiger partial charge in [0.05, 0.1) is 10.6 Å². The van der Waals surface area contributed by atoms with Gasteiger partial charge < -0.3 is 4.42 Å². The molecule has 0 bridgehead atoms. The number of pyridine rings is 1. The second kappa shape index (κ2) is 6.21. The first-order valence-corrected chi connectivity index (χ1v) is 8.97. The van der Waals surface area contributed by atoms with Crippen molar-refractivity contribution in [2.45, 2.75) is 10.8 Å². The van der Waals surface area contributed by atoms with Crippen LogP contribution in [-0.4, -0.2) is 13.4 Å². The lowest BCUT2D eigenvalue weighted by Gasteiger charge is -2.08. The molecule has 0 aliphatic heterocycles. The Labute approximate surface area is 136 Å². The van der Waals surface area contributed by atoms with Crippen LogP contribution < -0.4 is 4.72 Å². The van der Waals surface area contributed by atoms with Crippen LogP contribution >= 0.6 is 22.9 Å². The Morgan fingerprint density at radius 1 is 1.23 bits per heavy atom. The molecule has 114 valence electrons. The monoisotopic (exact) mass is 354 g/mol. The Balaban J connectivity index is 1.83. The van der Waals surface area contributed by atoms with Gasteiger partial charge in [0.1, 0.15) is 9.90 Å². The fourth-order valence-electron chi connectivity index (χ4n) is 1.90. The predicted molar refractivity (Wildman–Crippen MR) is 85.3 cm³/mol. The Bertz CT molecular complexity index is 873. The summed E-state index contributed by atoms with van der Waals surface area (Å²) >= 11 is 6.79. The molecule has 0 saturated heterocycles. The maximum atomic E-state index is 12.2. The number of halogens is 1. The maximum absolute atomic E-state index is 12.2. The van der Waals surface area contributed by atoms with Gasteiger partial charge in [-0.3, -0.25) is 4.98 Å². The first-order valence-electron chi connectivity index (χ1n) is 6.29. The highest BCUT2D eigenvalue weighted by atomic mass is 35.5. The highest BCUT2D eigenvalue weighted by Crippen LogP contribution is 2.26. The van der Waals surface area contributed by atoms with E-state index in [0.717, 1.165) is 16.9 Å². The molecule has 8 heteroatoms. The van der Waals surface area contributed by atoms with Gasteiger partial charge in [-0.1, -0.05) is 17.7 Å². The number of furan rings is 1. The summed E-state index contributed by atoms with van der Waals surface area (Å²) < 4.78 is 32.9. The maximum Gasteiger partial charge on any atom is 0.250 e. The third-order valence-electron chi connectivity index (χ3n) is 2.91. The molecule has 0 radical (unpaired) electrons. The van der Waals surface area contributed by atoms with E-state index in [1.807, 2.05) is 0 Å². The van der Waals surface area contributed by atoms with Crippen molar-refractivity contribution in [1.29, 1.82) is 0 Å². The number of aromatic nitrogens is 1. The molecule has 0 amide bonds. The zero-order chi connectivity index (χ0) is 15.6. The van der Waals surface area contributed by atoms with E-state index in [1.54, 1.807) is 42.8 Å². The van der Waals surface area contributed by atoms with Gasteiger partial charge >= 0.3 is 0 Å². The summed E-state index contributed by atoms with van der Waals surface area (Å²) in [6.45, 7) is 0.113. The van der Waals surface area contributed by atoms with Gasteiger partial charge in [-0.05, 0) is 35.9 Å². The minimum atomic E-state index is -3.60. The van der Waals surface area contributed by atoms with E-state index >= 15 is 0 Å². The van der Waals surface area contributed by atoms with E-state index in [9.17, 15) is 8.42 Å². The van der Waals surface area contributed by atoms with Gasteiger partial charge in [0.15, 0.2) is 5.76 Å². The Morgan fingerprint density at radius 2 is 2.09 bits per heavy atom. The highest BCUT2D eigenvalue weighted by Gasteiger charge is 2.17. The average molecular weight is 355 g/mol. The van der Waals surface area contributed by atoms with Gasteiger partial charge in [0.25, 0.3) is 0 Å². The van der Waals surface area contributed by atoms with Gasteiger partial charge in [0.2, 0.25) is 10.0 Å². The normalized spacial score (nSPS) is 11.7. The van der Waals surface area contributed by atoms with Crippen molar-refractivity contribution in [3.05, 3.63) is 58.8 Å². The number of sulfonamides is 1. The zero-order valence-electron chi connectivity index (χ0n) is 11.2. The molecule has 0 atom stereocenters. The Kier molecular flexibility index (Phi) is 4.30. The van der Waals surface area contributed by atoms with Crippen molar-refractivity contribution in [2.75, 3.05) is 0 Å². The van der Waals surface area contributed by atoms with E-state index in [-0.39, 0.29) is 10.8 Å². The third-order valence-corrected chi connectivity index (χ3v) is 6.04. The van der Waals surface area contributed by atoms with Crippen LogP contribution in [0.3, 0.4) is 0 Å². The van der Waals surface area contributed by atoms with Crippen LogP contribution in [0.4, 0.5) is 0 Å². The largest absolute Gasteiger partial charge is 0.463 e. The summed E-state index contributed by atoms with van der Waals surface area (Å²) in [7, 11) is -3.60. The number of hydrogen-bond donors (Lipinski definition) is 1. The quantitative estimate of drug-likeness (QED) is 0.760. The molecular formula is C14H11ClN2O3S2.